The number of carbonyl (C=O) groups is 1. The highest BCUT2D eigenvalue weighted by atomic mass is 35.5. The summed E-state index contributed by atoms with van der Waals surface area (Å²) in [4.78, 5) is 12.0. The van der Waals surface area contributed by atoms with Gasteiger partial charge in [0.2, 0.25) is 5.91 Å². The molecule has 0 bridgehead atoms. The van der Waals surface area contributed by atoms with Crippen LogP contribution in [0.5, 0.6) is 0 Å². The molecule has 2 rings (SSSR count). The van der Waals surface area contributed by atoms with Crippen LogP contribution in [0.1, 0.15) is 10.9 Å². The Labute approximate surface area is 122 Å². The molecule has 98 valence electrons. The molecule has 0 radical (unpaired) electrons. The van der Waals surface area contributed by atoms with Crippen LogP contribution >= 0.6 is 23.2 Å². The number of para-hydroxylation sites is 1. The lowest BCUT2D eigenvalue weighted by Crippen LogP contribution is -2.26. The average Bonchev–Trinajstić information content (AvgIpc) is 2.47. The van der Waals surface area contributed by atoms with Crippen LogP contribution in [0.15, 0.2) is 60.7 Å². The number of anilines is 1. The fourth-order valence-corrected chi connectivity index (χ4v) is 2.13. The average molecular weight is 294 g/mol. The molecule has 4 heteroatoms. The molecule has 0 aromatic heterocycles. The third-order valence-corrected chi connectivity index (χ3v) is 3.75. The van der Waals surface area contributed by atoms with Gasteiger partial charge in [0.1, 0.15) is 5.38 Å². The Bertz CT molecular complexity index is 530. The van der Waals surface area contributed by atoms with E-state index in [2.05, 4.69) is 5.32 Å². The van der Waals surface area contributed by atoms with Crippen LogP contribution < -0.4 is 5.32 Å². The van der Waals surface area contributed by atoms with Crippen LogP contribution in [0.25, 0.3) is 0 Å². The number of halogens is 2. The topological polar surface area (TPSA) is 29.1 Å². The fraction of sp³-hybridized carbons (Fsp3) is 0.133. The molecule has 2 aromatic carbocycles. The molecule has 0 saturated heterocycles. The van der Waals surface area contributed by atoms with Gasteiger partial charge < -0.3 is 5.32 Å². The van der Waals surface area contributed by atoms with Crippen molar-refractivity contribution >= 4 is 34.8 Å². The summed E-state index contributed by atoms with van der Waals surface area (Å²) in [5.74, 6) is -0.309. The minimum absolute atomic E-state index is 0.309. The lowest BCUT2D eigenvalue weighted by molar-refractivity contribution is -0.115. The molecular weight excluding hydrogens is 281 g/mol. The first kappa shape index (κ1) is 13.9. The van der Waals surface area contributed by atoms with Gasteiger partial charge in [-0.05, 0) is 17.7 Å². The molecule has 1 amide bonds. The number of hydrogen-bond acceptors (Lipinski definition) is 1. The zero-order chi connectivity index (χ0) is 13.7. The first-order chi connectivity index (χ1) is 9.18. The number of carbonyl (C=O) groups excluding carboxylic acids is 1. The Balaban J connectivity index is 2.03. The third-order valence-electron chi connectivity index (χ3n) is 2.67. The summed E-state index contributed by atoms with van der Waals surface area (Å²) in [7, 11) is 0. The largest absolute Gasteiger partial charge is 0.325 e. The van der Waals surface area contributed by atoms with Gasteiger partial charge in [-0.1, -0.05) is 48.5 Å². The van der Waals surface area contributed by atoms with Crippen molar-refractivity contribution in [1.29, 1.82) is 0 Å². The molecule has 2 aromatic rings. The minimum Gasteiger partial charge on any atom is -0.325 e. The van der Waals surface area contributed by atoms with Crippen molar-refractivity contribution in [3.05, 3.63) is 66.2 Å². The summed E-state index contributed by atoms with van der Waals surface area (Å²) < 4.78 is 0. The van der Waals surface area contributed by atoms with Gasteiger partial charge >= 0.3 is 0 Å². The predicted molar refractivity (Wildman–Crippen MR) is 79.7 cm³/mol. The fourth-order valence-electron chi connectivity index (χ4n) is 1.67. The highest BCUT2D eigenvalue weighted by Crippen LogP contribution is 2.28. The van der Waals surface area contributed by atoms with Crippen molar-refractivity contribution in [2.75, 3.05) is 5.32 Å². The van der Waals surface area contributed by atoms with Gasteiger partial charge in [0.25, 0.3) is 0 Å². The van der Waals surface area contributed by atoms with Gasteiger partial charge in [0.05, 0.1) is 5.38 Å². The maximum Gasteiger partial charge on any atom is 0.244 e. The first-order valence-electron chi connectivity index (χ1n) is 5.87. The van der Waals surface area contributed by atoms with Crippen LogP contribution in [0.4, 0.5) is 5.69 Å². The van der Waals surface area contributed by atoms with Crippen LogP contribution in [-0.2, 0) is 4.79 Å². The van der Waals surface area contributed by atoms with Crippen molar-refractivity contribution in [3.63, 3.8) is 0 Å². The quantitative estimate of drug-likeness (QED) is 0.841. The van der Waals surface area contributed by atoms with Crippen molar-refractivity contribution in [2.24, 2.45) is 0 Å². The summed E-state index contributed by atoms with van der Waals surface area (Å²) in [6, 6.07) is 18.5. The molecule has 2 nitrogen and oxygen atoms in total. The summed E-state index contributed by atoms with van der Waals surface area (Å²) in [6.07, 6.45) is 0. The first-order valence-corrected chi connectivity index (χ1v) is 6.75. The Morgan fingerprint density at radius 1 is 0.895 bits per heavy atom. The number of nitrogens with one attached hydrogen (secondary N) is 1. The number of amides is 1. The van der Waals surface area contributed by atoms with Crippen molar-refractivity contribution in [2.45, 2.75) is 10.8 Å². The molecule has 2 atom stereocenters. The van der Waals surface area contributed by atoms with Gasteiger partial charge in [0.15, 0.2) is 0 Å². The Hall–Kier alpha value is -1.51. The highest BCUT2D eigenvalue weighted by molar-refractivity contribution is 6.38. The third kappa shape index (κ3) is 3.72. The zero-order valence-electron chi connectivity index (χ0n) is 10.1. The maximum absolute atomic E-state index is 12.0. The normalized spacial score (nSPS) is 13.6. The molecule has 0 fully saturated rings. The molecule has 0 aliphatic carbocycles. The maximum atomic E-state index is 12.0. The monoisotopic (exact) mass is 293 g/mol. The van der Waals surface area contributed by atoms with Crippen LogP contribution in [-0.4, -0.2) is 11.3 Å². The van der Waals surface area contributed by atoms with Gasteiger partial charge in [-0.25, -0.2) is 0 Å². The minimum atomic E-state index is -0.829. The van der Waals surface area contributed by atoms with Crippen LogP contribution in [0, 0.1) is 0 Å². The van der Waals surface area contributed by atoms with Crippen molar-refractivity contribution in [1.82, 2.24) is 0 Å². The molecule has 0 saturated carbocycles. The lowest BCUT2D eigenvalue weighted by Gasteiger charge is -2.16. The lowest BCUT2D eigenvalue weighted by atomic mass is 10.1. The van der Waals surface area contributed by atoms with E-state index in [0.29, 0.717) is 5.69 Å². The second-order valence-corrected chi connectivity index (χ2v) is 5.01. The van der Waals surface area contributed by atoms with Crippen molar-refractivity contribution in [3.8, 4) is 0 Å². The molecular formula is C15H13Cl2NO. The standard InChI is InChI=1S/C15H13Cl2NO/c16-13(11-7-3-1-4-8-11)14(17)15(19)18-12-9-5-2-6-10-12/h1-10,13-14H,(H,18,19)/t13-,14-/m1/s1. The van der Waals surface area contributed by atoms with Crippen LogP contribution in [0.2, 0.25) is 0 Å². The number of rotatable bonds is 4. The zero-order valence-corrected chi connectivity index (χ0v) is 11.6. The Morgan fingerprint density at radius 3 is 2.00 bits per heavy atom. The van der Waals surface area contributed by atoms with E-state index < -0.39 is 10.8 Å². The molecule has 0 spiro atoms. The molecule has 0 aliphatic heterocycles. The van der Waals surface area contributed by atoms with E-state index in [1.807, 2.05) is 48.5 Å². The number of hydrogen-bond donors (Lipinski definition) is 1. The van der Waals surface area contributed by atoms with Gasteiger partial charge in [-0.15, -0.1) is 23.2 Å². The predicted octanol–water partition coefficient (Wildman–Crippen LogP) is 4.21. The van der Waals surface area contributed by atoms with E-state index in [9.17, 15) is 4.79 Å². The van der Waals surface area contributed by atoms with E-state index >= 15 is 0 Å². The second-order valence-electron chi connectivity index (χ2n) is 4.07. The SMILES string of the molecule is O=C(Nc1ccccc1)[C@H](Cl)[C@H](Cl)c1ccccc1. The Kier molecular flexibility index (Phi) is 4.83. The smallest absolute Gasteiger partial charge is 0.244 e. The van der Waals surface area contributed by atoms with E-state index in [0.717, 1.165) is 5.56 Å². The van der Waals surface area contributed by atoms with Gasteiger partial charge in [0, 0.05) is 5.69 Å². The van der Waals surface area contributed by atoms with Crippen molar-refractivity contribution < 1.29 is 4.79 Å². The number of benzene rings is 2. The molecule has 0 unspecified atom stereocenters. The molecule has 19 heavy (non-hydrogen) atoms. The molecule has 0 heterocycles. The summed E-state index contributed by atoms with van der Waals surface area (Å²) in [6.45, 7) is 0. The van der Waals surface area contributed by atoms with Crippen LogP contribution in [0.3, 0.4) is 0 Å². The molecule has 1 N–H and O–H groups in total. The highest BCUT2D eigenvalue weighted by Gasteiger charge is 2.25. The summed E-state index contributed by atoms with van der Waals surface area (Å²) in [5, 5.41) is 1.34. The summed E-state index contributed by atoms with van der Waals surface area (Å²) in [5.41, 5.74) is 1.53. The van der Waals surface area contributed by atoms with Gasteiger partial charge in [-0.3, -0.25) is 4.79 Å². The number of alkyl halides is 2. The van der Waals surface area contributed by atoms with Gasteiger partial charge in [-0.2, -0.15) is 0 Å². The Morgan fingerprint density at radius 2 is 1.42 bits per heavy atom. The van der Waals surface area contributed by atoms with E-state index in [1.165, 1.54) is 0 Å². The summed E-state index contributed by atoms with van der Waals surface area (Å²) >= 11 is 12.3. The second kappa shape index (κ2) is 6.60. The molecule has 0 aliphatic rings. The van der Waals surface area contributed by atoms with E-state index in [1.54, 1.807) is 12.1 Å². The van der Waals surface area contributed by atoms with E-state index in [4.69, 9.17) is 23.2 Å². The van der Waals surface area contributed by atoms with E-state index in [-0.39, 0.29) is 5.91 Å².